The minimum atomic E-state index is -2.61. The molecule has 3 nitrogen and oxygen atoms in total. The van der Waals surface area contributed by atoms with Crippen LogP contribution in [-0.4, -0.2) is 24.8 Å². The molecule has 1 saturated carbocycles. The SMILES string of the molecule is N[C@@H]1CCCC[C@H]1NCCP(=O)(c1ccccc1)c1ccccc1. The second-order valence-corrected chi connectivity index (χ2v) is 9.60. The molecule has 2 aromatic rings. The van der Waals surface area contributed by atoms with Gasteiger partial charge in [0.05, 0.1) is 0 Å². The van der Waals surface area contributed by atoms with Gasteiger partial charge in [0.15, 0.2) is 0 Å². The van der Waals surface area contributed by atoms with Crippen LogP contribution in [0.1, 0.15) is 25.7 Å². The zero-order valence-corrected chi connectivity index (χ0v) is 15.0. The van der Waals surface area contributed by atoms with E-state index >= 15 is 0 Å². The summed E-state index contributed by atoms with van der Waals surface area (Å²) >= 11 is 0. The summed E-state index contributed by atoms with van der Waals surface area (Å²) in [6, 6.07) is 20.3. The van der Waals surface area contributed by atoms with Crippen LogP contribution in [0.3, 0.4) is 0 Å². The number of hydrogen-bond acceptors (Lipinski definition) is 3. The molecule has 2 aromatic carbocycles. The van der Waals surface area contributed by atoms with E-state index < -0.39 is 7.14 Å². The normalized spacial score (nSPS) is 21.5. The maximum absolute atomic E-state index is 13.9. The lowest BCUT2D eigenvalue weighted by Gasteiger charge is -2.30. The Hall–Kier alpha value is -1.41. The van der Waals surface area contributed by atoms with Crippen molar-refractivity contribution in [2.45, 2.75) is 37.8 Å². The van der Waals surface area contributed by atoms with E-state index in [0.717, 1.165) is 30.0 Å². The molecule has 1 aliphatic rings. The van der Waals surface area contributed by atoms with Gasteiger partial charge in [-0.2, -0.15) is 0 Å². The second-order valence-electron chi connectivity index (χ2n) is 6.64. The lowest BCUT2D eigenvalue weighted by atomic mass is 9.91. The zero-order valence-electron chi connectivity index (χ0n) is 14.1. The number of hydrogen-bond donors (Lipinski definition) is 2. The average Bonchev–Trinajstić information content (AvgIpc) is 2.64. The van der Waals surface area contributed by atoms with E-state index in [1.165, 1.54) is 12.8 Å². The van der Waals surface area contributed by atoms with Crippen molar-refractivity contribution in [1.82, 2.24) is 5.32 Å². The minimum Gasteiger partial charge on any atom is -0.326 e. The summed E-state index contributed by atoms with van der Waals surface area (Å²) in [5, 5.41) is 5.44. The summed E-state index contributed by atoms with van der Waals surface area (Å²) in [5.41, 5.74) is 6.22. The molecular weight excluding hydrogens is 315 g/mol. The molecule has 2 atom stereocenters. The van der Waals surface area contributed by atoms with Gasteiger partial charge in [-0.05, 0) is 12.8 Å². The van der Waals surface area contributed by atoms with Gasteiger partial charge in [0.2, 0.25) is 0 Å². The van der Waals surface area contributed by atoms with Crippen molar-refractivity contribution in [2.75, 3.05) is 12.7 Å². The van der Waals surface area contributed by atoms with Gasteiger partial charge >= 0.3 is 0 Å². The molecule has 0 aromatic heterocycles. The summed E-state index contributed by atoms with van der Waals surface area (Å²) in [6.45, 7) is 0.736. The van der Waals surface area contributed by atoms with Gasteiger partial charge in [0, 0.05) is 35.4 Å². The minimum absolute atomic E-state index is 0.228. The van der Waals surface area contributed by atoms with Gasteiger partial charge in [0.1, 0.15) is 7.14 Å². The highest BCUT2D eigenvalue weighted by Gasteiger charge is 2.28. The Labute approximate surface area is 145 Å². The Morgan fingerprint density at radius 1 is 0.917 bits per heavy atom. The molecule has 128 valence electrons. The van der Waals surface area contributed by atoms with Crippen molar-refractivity contribution < 1.29 is 4.57 Å². The summed E-state index contributed by atoms with van der Waals surface area (Å²) in [7, 11) is -2.61. The van der Waals surface area contributed by atoms with Gasteiger partial charge in [-0.1, -0.05) is 73.5 Å². The quantitative estimate of drug-likeness (QED) is 0.794. The number of benzene rings is 2. The highest BCUT2D eigenvalue weighted by atomic mass is 31.2. The summed E-state index contributed by atoms with van der Waals surface area (Å²) in [5.74, 6) is 0. The van der Waals surface area contributed by atoms with Gasteiger partial charge < -0.3 is 15.6 Å². The first kappa shape index (κ1) is 17.4. The number of nitrogens with two attached hydrogens (primary N) is 1. The first-order chi connectivity index (χ1) is 11.7. The first-order valence-electron chi connectivity index (χ1n) is 8.89. The van der Waals surface area contributed by atoms with Crippen LogP contribution in [0, 0.1) is 0 Å². The Balaban J connectivity index is 1.75. The molecule has 0 heterocycles. The van der Waals surface area contributed by atoms with Crippen LogP contribution >= 0.6 is 7.14 Å². The van der Waals surface area contributed by atoms with Gasteiger partial charge in [-0.3, -0.25) is 0 Å². The maximum Gasteiger partial charge on any atom is 0.144 e. The number of rotatable bonds is 6. The third-order valence-electron chi connectivity index (χ3n) is 5.00. The largest absolute Gasteiger partial charge is 0.326 e. The fourth-order valence-corrected chi connectivity index (χ4v) is 6.13. The lowest BCUT2D eigenvalue weighted by Crippen LogP contribution is -2.48. The van der Waals surface area contributed by atoms with Gasteiger partial charge in [0.25, 0.3) is 0 Å². The molecule has 0 aliphatic heterocycles. The molecule has 0 radical (unpaired) electrons. The van der Waals surface area contributed by atoms with Gasteiger partial charge in [-0.15, -0.1) is 0 Å². The molecule has 3 N–H and O–H groups in total. The van der Waals surface area contributed by atoms with Crippen LogP contribution in [0.15, 0.2) is 60.7 Å². The molecule has 0 spiro atoms. The van der Waals surface area contributed by atoms with E-state index in [2.05, 4.69) is 5.32 Å². The monoisotopic (exact) mass is 342 g/mol. The number of nitrogens with one attached hydrogen (secondary N) is 1. The van der Waals surface area contributed by atoms with E-state index in [4.69, 9.17) is 5.73 Å². The predicted octanol–water partition coefficient (Wildman–Crippen LogP) is 2.86. The molecule has 24 heavy (non-hydrogen) atoms. The van der Waals surface area contributed by atoms with Crippen LogP contribution in [0.2, 0.25) is 0 Å². The Kier molecular flexibility index (Phi) is 5.89. The molecule has 0 amide bonds. The molecular formula is C20H27N2OP. The van der Waals surface area contributed by atoms with Crippen LogP contribution in [0.25, 0.3) is 0 Å². The Morgan fingerprint density at radius 3 is 2.00 bits per heavy atom. The van der Waals surface area contributed by atoms with Crippen molar-refractivity contribution in [3.05, 3.63) is 60.7 Å². The van der Waals surface area contributed by atoms with Crippen molar-refractivity contribution in [3.8, 4) is 0 Å². The van der Waals surface area contributed by atoms with Gasteiger partial charge in [-0.25, -0.2) is 0 Å². The predicted molar refractivity (Wildman–Crippen MR) is 103 cm³/mol. The molecule has 1 aliphatic carbocycles. The second kappa shape index (κ2) is 8.11. The lowest BCUT2D eigenvalue weighted by molar-refractivity contribution is 0.333. The van der Waals surface area contributed by atoms with E-state index in [1.807, 2.05) is 60.7 Å². The molecule has 0 unspecified atom stereocenters. The average molecular weight is 342 g/mol. The smallest absolute Gasteiger partial charge is 0.144 e. The standard InChI is InChI=1S/C20H27N2OP/c21-19-13-7-8-14-20(19)22-15-16-24(23,17-9-3-1-4-10-17)18-11-5-2-6-12-18/h1-6,9-12,19-20,22H,7-8,13-16,21H2/t19-,20-/m1/s1. The van der Waals surface area contributed by atoms with E-state index in [1.54, 1.807) is 0 Å². The Morgan fingerprint density at radius 2 is 1.46 bits per heavy atom. The van der Waals surface area contributed by atoms with Crippen molar-refractivity contribution in [3.63, 3.8) is 0 Å². The van der Waals surface area contributed by atoms with Crippen LogP contribution < -0.4 is 21.7 Å². The van der Waals surface area contributed by atoms with Crippen LogP contribution in [0.4, 0.5) is 0 Å². The van der Waals surface area contributed by atoms with Crippen LogP contribution in [0.5, 0.6) is 0 Å². The molecule has 0 saturated heterocycles. The topological polar surface area (TPSA) is 55.1 Å². The van der Waals surface area contributed by atoms with E-state index in [9.17, 15) is 4.57 Å². The molecule has 0 bridgehead atoms. The maximum atomic E-state index is 13.9. The fourth-order valence-electron chi connectivity index (χ4n) is 3.57. The first-order valence-corrected chi connectivity index (χ1v) is 10.8. The van der Waals surface area contributed by atoms with Crippen molar-refractivity contribution in [1.29, 1.82) is 0 Å². The van der Waals surface area contributed by atoms with Crippen molar-refractivity contribution >= 4 is 17.8 Å². The highest BCUT2D eigenvalue weighted by molar-refractivity contribution is 7.78. The molecule has 3 rings (SSSR count). The fraction of sp³-hybridized carbons (Fsp3) is 0.400. The molecule has 1 fully saturated rings. The van der Waals surface area contributed by atoms with E-state index in [0.29, 0.717) is 12.2 Å². The molecule has 4 heteroatoms. The highest BCUT2D eigenvalue weighted by Crippen LogP contribution is 2.42. The summed E-state index contributed by atoms with van der Waals surface area (Å²) in [6.07, 6.45) is 5.31. The summed E-state index contributed by atoms with van der Waals surface area (Å²) < 4.78 is 13.9. The summed E-state index contributed by atoms with van der Waals surface area (Å²) in [4.78, 5) is 0. The third kappa shape index (κ3) is 3.97. The van der Waals surface area contributed by atoms with E-state index in [-0.39, 0.29) is 6.04 Å². The third-order valence-corrected chi connectivity index (χ3v) is 8.12. The Bertz CT molecular complexity index is 631. The zero-order chi connectivity index (χ0) is 16.8. The van der Waals surface area contributed by atoms with Crippen molar-refractivity contribution in [2.24, 2.45) is 5.73 Å². The van der Waals surface area contributed by atoms with Crippen LogP contribution in [-0.2, 0) is 4.57 Å².